The molecule has 0 bridgehead atoms. The van der Waals surface area contributed by atoms with Crippen LogP contribution in [0.3, 0.4) is 0 Å². The van der Waals surface area contributed by atoms with Crippen molar-refractivity contribution in [3.63, 3.8) is 0 Å². The average molecular weight is 308 g/mol. The molecule has 1 heterocycles. The van der Waals surface area contributed by atoms with Crippen molar-refractivity contribution in [2.45, 2.75) is 16.3 Å². The minimum atomic E-state index is 0.495. The van der Waals surface area contributed by atoms with Crippen LogP contribution in [0.15, 0.2) is 46.2 Å². The fourth-order valence-corrected chi connectivity index (χ4v) is 3.14. The maximum absolute atomic E-state index is 6.27. The predicted octanol–water partition coefficient (Wildman–Crippen LogP) is 3.72. The van der Waals surface area contributed by atoms with E-state index in [2.05, 4.69) is 0 Å². The second-order valence-electron chi connectivity index (χ2n) is 4.38. The first kappa shape index (κ1) is 13.6. The number of halogens is 1. The van der Waals surface area contributed by atoms with Crippen molar-refractivity contribution in [2.24, 2.45) is 5.73 Å². The summed E-state index contributed by atoms with van der Waals surface area (Å²) < 4.78 is 11.1. The van der Waals surface area contributed by atoms with Gasteiger partial charge in [-0.05, 0) is 35.9 Å². The second-order valence-corrected chi connectivity index (χ2v) is 5.90. The third kappa shape index (κ3) is 2.87. The summed E-state index contributed by atoms with van der Waals surface area (Å²) in [6, 6.07) is 11.8. The van der Waals surface area contributed by atoms with Gasteiger partial charge in [0.15, 0.2) is 11.5 Å². The van der Waals surface area contributed by atoms with Gasteiger partial charge in [0.1, 0.15) is 13.2 Å². The van der Waals surface area contributed by atoms with Crippen LogP contribution in [-0.4, -0.2) is 13.2 Å². The van der Waals surface area contributed by atoms with E-state index in [1.165, 1.54) is 0 Å². The first-order valence-corrected chi connectivity index (χ1v) is 7.52. The van der Waals surface area contributed by atoms with Crippen LogP contribution in [0, 0.1) is 0 Å². The van der Waals surface area contributed by atoms with Crippen molar-refractivity contribution in [2.75, 3.05) is 13.2 Å². The molecule has 2 N–H and O–H groups in total. The molecule has 0 fully saturated rings. The molecule has 0 aromatic heterocycles. The average Bonchev–Trinajstić information content (AvgIpc) is 2.49. The van der Waals surface area contributed by atoms with E-state index in [-0.39, 0.29) is 0 Å². The van der Waals surface area contributed by atoms with Gasteiger partial charge in [-0.3, -0.25) is 0 Å². The molecule has 2 aromatic rings. The van der Waals surface area contributed by atoms with Crippen molar-refractivity contribution < 1.29 is 9.47 Å². The lowest BCUT2D eigenvalue weighted by Crippen LogP contribution is -2.15. The summed E-state index contributed by atoms with van der Waals surface area (Å²) in [7, 11) is 0. The van der Waals surface area contributed by atoms with Crippen LogP contribution in [-0.2, 0) is 6.54 Å². The SMILES string of the molecule is NCc1ccc(Sc2ccc3c(c2)OCCO3)c(Cl)c1. The molecule has 3 rings (SSSR count). The van der Waals surface area contributed by atoms with Crippen LogP contribution in [0.5, 0.6) is 11.5 Å². The zero-order chi connectivity index (χ0) is 13.9. The fraction of sp³-hybridized carbons (Fsp3) is 0.200. The normalized spacial score (nSPS) is 13.3. The molecule has 0 atom stereocenters. The number of nitrogens with two attached hydrogens (primary N) is 1. The van der Waals surface area contributed by atoms with Crippen molar-refractivity contribution in [1.82, 2.24) is 0 Å². The van der Waals surface area contributed by atoms with Gasteiger partial charge in [0.25, 0.3) is 0 Å². The smallest absolute Gasteiger partial charge is 0.162 e. The quantitative estimate of drug-likeness (QED) is 0.938. The van der Waals surface area contributed by atoms with E-state index in [1.807, 2.05) is 36.4 Å². The minimum Gasteiger partial charge on any atom is -0.486 e. The molecule has 0 radical (unpaired) electrons. The largest absolute Gasteiger partial charge is 0.486 e. The maximum Gasteiger partial charge on any atom is 0.162 e. The monoisotopic (exact) mass is 307 g/mol. The van der Waals surface area contributed by atoms with Gasteiger partial charge < -0.3 is 15.2 Å². The Balaban J connectivity index is 1.84. The Morgan fingerprint density at radius 1 is 1.05 bits per heavy atom. The Morgan fingerprint density at radius 2 is 1.85 bits per heavy atom. The van der Waals surface area contributed by atoms with Crippen LogP contribution in [0.4, 0.5) is 0 Å². The molecule has 0 saturated heterocycles. The zero-order valence-electron chi connectivity index (χ0n) is 10.8. The molecule has 104 valence electrons. The third-order valence-corrected chi connectivity index (χ3v) is 4.46. The summed E-state index contributed by atoms with van der Waals surface area (Å²) in [5.74, 6) is 1.58. The molecule has 0 amide bonds. The number of hydrogen-bond acceptors (Lipinski definition) is 4. The van der Waals surface area contributed by atoms with Gasteiger partial charge in [0.05, 0.1) is 5.02 Å². The standard InChI is InChI=1S/C15H14ClNO2S/c16-12-7-10(9-17)1-4-15(12)20-11-2-3-13-14(8-11)19-6-5-18-13/h1-4,7-8H,5-6,9,17H2. The highest BCUT2D eigenvalue weighted by Gasteiger charge is 2.12. The summed E-state index contributed by atoms with van der Waals surface area (Å²) in [4.78, 5) is 2.07. The van der Waals surface area contributed by atoms with E-state index in [0.29, 0.717) is 24.8 Å². The molecule has 0 aliphatic carbocycles. The summed E-state index contributed by atoms with van der Waals surface area (Å²) in [5.41, 5.74) is 6.63. The maximum atomic E-state index is 6.27. The molecule has 3 nitrogen and oxygen atoms in total. The first-order valence-electron chi connectivity index (χ1n) is 6.32. The van der Waals surface area contributed by atoms with E-state index in [0.717, 1.165) is 26.9 Å². The Hall–Kier alpha value is -1.36. The van der Waals surface area contributed by atoms with Gasteiger partial charge in [0, 0.05) is 16.3 Å². The van der Waals surface area contributed by atoms with Gasteiger partial charge in [0.2, 0.25) is 0 Å². The van der Waals surface area contributed by atoms with Crippen molar-refractivity contribution in [3.8, 4) is 11.5 Å². The summed E-state index contributed by atoms with van der Waals surface area (Å²) in [6.07, 6.45) is 0. The molecular formula is C15H14ClNO2S. The van der Waals surface area contributed by atoms with Crippen LogP contribution in [0.1, 0.15) is 5.56 Å². The van der Waals surface area contributed by atoms with Gasteiger partial charge in [-0.1, -0.05) is 29.4 Å². The highest BCUT2D eigenvalue weighted by atomic mass is 35.5. The van der Waals surface area contributed by atoms with Crippen molar-refractivity contribution >= 4 is 23.4 Å². The number of ether oxygens (including phenoxy) is 2. The third-order valence-electron chi connectivity index (χ3n) is 2.97. The van der Waals surface area contributed by atoms with Gasteiger partial charge in [-0.25, -0.2) is 0 Å². The molecule has 20 heavy (non-hydrogen) atoms. The first-order chi connectivity index (χ1) is 9.76. The molecule has 0 spiro atoms. The lowest BCUT2D eigenvalue weighted by molar-refractivity contribution is 0.171. The molecule has 2 aromatic carbocycles. The van der Waals surface area contributed by atoms with Crippen molar-refractivity contribution in [1.29, 1.82) is 0 Å². The van der Waals surface area contributed by atoms with Gasteiger partial charge in [-0.2, -0.15) is 0 Å². The topological polar surface area (TPSA) is 44.5 Å². The number of benzene rings is 2. The molecule has 0 unspecified atom stereocenters. The lowest BCUT2D eigenvalue weighted by Gasteiger charge is -2.18. The summed E-state index contributed by atoms with van der Waals surface area (Å²) in [5, 5.41) is 0.716. The number of fused-ring (bicyclic) bond motifs is 1. The highest BCUT2D eigenvalue weighted by Crippen LogP contribution is 2.39. The predicted molar refractivity (Wildman–Crippen MR) is 80.9 cm³/mol. The fourth-order valence-electron chi connectivity index (χ4n) is 1.97. The van der Waals surface area contributed by atoms with Crippen LogP contribution < -0.4 is 15.2 Å². The second kappa shape index (κ2) is 5.95. The van der Waals surface area contributed by atoms with E-state index >= 15 is 0 Å². The molecule has 5 heteroatoms. The van der Waals surface area contributed by atoms with E-state index in [1.54, 1.807) is 11.8 Å². The zero-order valence-corrected chi connectivity index (χ0v) is 12.3. The Labute approximate surface area is 127 Å². The Bertz CT molecular complexity index is 633. The summed E-state index contributed by atoms with van der Waals surface area (Å²) >= 11 is 7.87. The molecule has 1 aliphatic rings. The van der Waals surface area contributed by atoms with Crippen LogP contribution >= 0.6 is 23.4 Å². The molecule has 1 aliphatic heterocycles. The van der Waals surface area contributed by atoms with Gasteiger partial charge >= 0.3 is 0 Å². The Morgan fingerprint density at radius 3 is 2.60 bits per heavy atom. The molecular weight excluding hydrogens is 294 g/mol. The Kier molecular flexibility index (Phi) is 4.05. The number of rotatable bonds is 3. The van der Waals surface area contributed by atoms with Crippen LogP contribution in [0.25, 0.3) is 0 Å². The van der Waals surface area contributed by atoms with Crippen LogP contribution in [0.2, 0.25) is 5.02 Å². The summed E-state index contributed by atoms with van der Waals surface area (Å²) in [6.45, 7) is 1.69. The van der Waals surface area contributed by atoms with E-state index in [9.17, 15) is 0 Å². The minimum absolute atomic E-state index is 0.495. The number of hydrogen-bond donors (Lipinski definition) is 1. The highest BCUT2D eigenvalue weighted by molar-refractivity contribution is 7.99. The molecule has 0 saturated carbocycles. The van der Waals surface area contributed by atoms with E-state index < -0.39 is 0 Å². The van der Waals surface area contributed by atoms with Gasteiger partial charge in [-0.15, -0.1) is 0 Å². The van der Waals surface area contributed by atoms with E-state index in [4.69, 9.17) is 26.8 Å². The van der Waals surface area contributed by atoms with Crippen molar-refractivity contribution in [3.05, 3.63) is 47.0 Å². The lowest BCUT2D eigenvalue weighted by atomic mass is 10.2.